The van der Waals surface area contributed by atoms with Gasteiger partial charge in [-0.3, -0.25) is 0 Å². The lowest BCUT2D eigenvalue weighted by molar-refractivity contribution is -0.0927. The second-order valence-corrected chi connectivity index (χ2v) is 34.4. The zero-order valence-electron chi connectivity index (χ0n) is 71.4. The molecule has 8 aliphatic rings. The standard InChI is InChI=1S/C8H8F2.C8H14F2.C8H12F2.C8H8F2.C8H15F.2C8H13F.C8H9F.C8H16.2C8H14.C8H10/c1-5-3-7(9)6(2)8(10)4-5;1-6-3-4-7(2)8(9,10)5-6;2*1-5-3-4-6(2)8(10)7(5)9;4*1-6-3-4-7(2)8(9)5-6;4*1-7-3-5-8(2)6-4-7/h3-4H,1-2H3;6-7H,3-5H2,1-2H3;5-6H,3-4H2,1-2H3;3-4H,1-2H3;6-8H,3-5H2,1-2H3;6H,3-5H2,1-2H3;5-7H,3-4H2,1-2H3;3-5H,1-2H3;7-8H,3-6H2,1-2H3;3,8H,4-6H2,1-2H3;3,5,7-8H,4,6H2,1-2H3;3-6H,1-2H3. The Kier molecular flexibility index (Phi) is 49.3. The molecule has 0 saturated heterocycles. The minimum Gasteiger partial charge on any atom is -0.247 e. The van der Waals surface area contributed by atoms with E-state index in [9.17, 15) is 52.7 Å². The maximum absolute atomic E-state index is 12.8. The van der Waals surface area contributed by atoms with Gasteiger partial charge in [0, 0.05) is 42.1 Å². The first-order valence-corrected chi connectivity index (χ1v) is 41.0. The molecule has 13 atom stereocenters. The Bertz CT molecular complexity index is 3200. The lowest BCUT2D eigenvalue weighted by atomic mass is 9.81. The van der Waals surface area contributed by atoms with Crippen LogP contribution in [0, 0.1) is 167 Å². The summed E-state index contributed by atoms with van der Waals surface area (Å²) in [6, 6.07) is 19.5. The summed E-state index contributed by atoms with van der Waals surface area (Å²) in [5.41, 5.74) is 8.29. The molecule has 8 aliphatic carbocycles. The highest BCUT2D eigenvalue weighted by Crippen LogP contribution is 2.41. The molecule has 0 N–H and O–H groups in total. The van der Waals surface area contributed by atoms with Crippen molar-refractivity contribution in [1.29, 1.82) is 0 Å². The van der Waals surface area contributed by atoms with Gasteiger partial charge in [-0.05, 0) is 276 Å². The third kappa shape index (κ3) is 43.0. The number of hydrogen-bond donors (Lipinski definition) is 0. The Morgan fingerprint density at radius 2 is 0.787 bits per heavy atom. The molecule has 0 heterocycles. The third-order valence-corrected chi connectivity index (χ3v) is 22.4. The van der Waals surface area contributed by atoms with E-state index in [4.69, 9.17) is 0 Å². The molecule has 0 amide bonds. The van der Waals surface area contributed by atoms with E-state index >= 15 is 0 Å². The largest absolute Gasteiger partial charge is 0.250 e. The second kappa shape index (κ2) is 52.9. The van der Waals surface area contributed by atoms with Gasteiger partial charge in [0.25, 0.3) is 5.92 Å². The number of allylic oxidation sites excluding steroid dienone is 10. The first-order chi connectivity index (χ1) is 50.3. The normalized spacial score (nSPS) is 27.4. The van der Waals surface area contributed by atoms with Crippen molar-refractivity contribution in [2.75, 3.05) is 0 Å². The van der Waals surface area contributed by atoms with E-state index in [2.05, 4.69) is 119 Å². The van der Waals surface area contributed by atoms with Crippen LogP contribution >= 0.6 is 0 Å². The van der Waals surface area contributed by atoms with Crippen LogP contribution in [-0.2, 0) is 0 Å². The van der Waals surface area contributed by atoms with Crippen molar-refractivity contribution in [3.63, 3.8) is 0 Å². The van der Waals surface area contributed by atoms with E-state index in [1.165, 1.54) is 121 Å². The number of halogens is 12. The summed E-state index contributed by atoms with van der Waals surface area (Å²) >= 11 is 0. The van der Waals surface area contributed by atoms with Crippen LogP contribution in [0.25, 0.3) is 0 Å². The van der Waals surface area contributed by atoms with Gasteiger partial charge in [0.15, 0.2) is 11.6 Å². The molecule has 0 aromatic heterocycles. The van der Waals surface area contributed by atoms with Gasteiger partial charge >= 0.3 is 0 Å². The van der Waals surface area contributed by atoms with Crippen molar-refractivity contribution in [2.24, 2.45) is 82.9 Å². The fourth-order valence-corrected chi connectivity index (χ4v) is 13.0. The first kappa shape index (κ1) is 101. The molecule has 4 aromatic rings. The van der Waals surface area contributed by atoms with Gasteiger partial charge in [-0.25, -0.2) is 52.7 Å². The van der Waals surface area contributed by atoms with Gasteiger partial charge in [-0.1, -0.05) is 219 Å². The molecule has 0 aliphatic heterocycles. The number of hydrogen-bond acceptors (Lipinski definition) is 0. The molecule has 3 saturated carbocycles. The molecule has 0 bridgehead atoms. The molecular formula is C96H146F12. The maximum Gasteiger partial charge on any atom is 0.250 e. The summed E-state index contributed by atoms with van der Waals surface area (Å²) in [6.45, 7) is 47.0. The van der Waals surface area contributed by atoms with E-state index in [0.717, 1.165) is 92.1 Å². The van der Waals surface area contributed by atoms with Crippen LogP contribution in [0.4, 0.5) is 52.7 Å². The summed E-state index contributed by atoms with van der Waals surface area (Å²) in [7, 11) is 0. The van der Waals surface area contributed by atoms with E-state index < -0.39 is 52.9 Å². The lowest BCUT2D eigenvalue weighted by Crippen LogP contribution is -2.32. The van der Waals surface area contributed by atoms with Gasteiger partial charge < -0.3 is 0 Å². The van der Waals surface area contributed by atoms with Crippen LogP contribution in [0.15, 0.2) is 125 Å². The highest BCUT2D eigenvalue weighted by Gasteiger charge is 2.41. The Hall–Kier alpha value is -5.26. The van der Waals surface area contributed by atoms with Crippen LogP contribution in [0.5, 0.6) is 0 Å². The molecule has 4 aromatic carbocycles. The smallest absolute Gasteiger partial charge is 0.247 e. The number of alkyl halides is 3. The van der Waals surface area contributed by atoms with Crippen LogP contribution in [-0.4, -0.2) is 12.1 Å². The summed E-state index contributed by atoms with van der Waals surface area (Å²) in [5, 5.41) is 0. The van der Waals surface area contributed by atoms with E-state index in [1.54, 1.807) is 64.5 Å². The topological polar surface area (TPSA) is 0 Å². The fourth-order valence-electron chi connectivity index (χ4n) is 13.0. The van der Waals surface area contributed by atoms with Crippen LogP contribution in [0.3, 0.4) is 0 Å². The first-order valence-electron chi connectivity index (χ1n) is 41.0. The summed E-state index contributed by atoms with van der Waals surface area (Å²) in [4.78, 5) is 0. The Morgan fingerprint density at radius 1 is 0.370 bits per heavy atom. The third-order valence-electron chi connectivity index (χ3n) is 22.4. The molecule has 12 heteroatoms. The van der Waals surface area contributed by atoms with Crippen LogP contribution < -0.4 is 0 Å². The van der Waals surface area contributed by atoms with Gasteiger partial charge in [-0.2, -0.15) is 0 Å². The van der Waals surface area contributed by atoms with Crippen molar-refractivity contribution < 1.29 is 52.7 Å². The zero-order valence-corrected chi connectivity index (χ0v) is 71.4. The van der Waals surface area contributed by atoms with Crippen LogP contribution in [0.1, 0.15) is 297 Å². The number of rotatable bonds is 0. The van der Waals surface area contributed by atoms with Crippen molar-refractivity contribution in [3.05, 3.63) is 199 Å². The predicted molar refractivity (Wildman–Crippen MR) is 438 cm³/mol. The van der Waals surface area contributed by atoms with E-state index in [0.29, 0.717) is 58.8 Å². The Balaban J connectivity index is 0.000000590. The quantitative estimate of drug-likeness (QED) is 0.122. The average Bonchev–Trinajstić information content (AvgIpc) is 0.843. The molecular weight excluding hydrogens is 1380 g/mol. The molecule has 0 nitrogen and oxygen atoms in total. The minimum absolute atomic E-state index is 0.0885. The summed E-state index contributed by atoms with van der Waals surface area (Å²) in [5.74, 6) is 0.465. The molecule has 108 heavy (non-hydrogen) atoms. The lowest BCUT2D eigenvalue weighted by Gasteiger charge is -2.32. The van der Waals surface area contributed by atoms with Gasteiger partial charge in [-0.15, -0.1) is 0 Å². The monoisotopic (exact) mass is 1530 g/mol. The summed E-state index contributed by atoms with van der Waals surface area (Å²) < 4.78 is 152. The van der Waals surface area contributed by atoms with Crippen LogP contribution in [0.2, 0.25) is 0 Å². The highest BCUT2D eigenvalue weighted by atomic mass is 19.3. The maximum atomic E-state index is 12.8. The molecule has 0 radical (unpaired) electrons. The molecule has 12 rings (SSSR count). The number of aryl methyl sites for hydroxylation is 7. The van der Waals surface area contributed by atoms with Crippen molar-refractivity contribution in [2.45, 2.75) is 320 Å². The average molecular weight is 1530 g/mol. The zero-order chi connectivity index (χ0) is 82.3. The Labute approximate surface area is 650 Å². The minimum atomic E-state index is -2.39. The molecule has 0 spiro atoms. The Morgan fingerprint density at radius 3 is 1.15 bits per heavy atom. The second-order valence-electron chi connectivity index (χ2n) is 34.4. The molecule has 3 fully saturated rings. The van der Waals surface area contributed by atoms with Gasteiger partial charge in [0.05, 0.1) is 11.7 Å². The van der Waals surface area contributed by atoms with E-state index in [-0.39, 0.29) is 53.1 Å². The van der Waals surface area contributed by atoms with Gasteiger partial charge in [0.1, 0.15) is 35.3 Å². The molecule has 614 valence electrons. The SMILES string of the molecule is CC1=C(F)CC(C)CC1.CC1=CCC(C)CC1.CC1C=C(F)C(C)CC1.CC1C=CC(C)CC1.CC1CCC(C)C(F)(F)C1.CC1CCC(C)C(F)=C1F.CC1CCC(C)C(F)C1.CC1CCC(C)CC1.Cc1cc(F)c(C)c(F)c1.Cc1ccc(C)c(F)c1.Cc1ccc(C)c(F)c1F.Cc1ccc(C)cc1. The van der Waals surface area contributed by atoms with E-state index in [1.807, 2.05) is 40.7 Å². The van der Waals surface area contributed by atoms with Crippen molar-refractivity contribution in [1.82, 2.24) is 0 Å². The summed E-state index contributed by atoms with van der Waals surface area (Å²) in [6.07, 6.45) is 32.3. The fraction of sp³-hybridized carbons (Fsp3) is 0.646. The molecule has 13 unspecified atom stereocenters. The van der Waals surface area contributed by atoms with Crippen molar-refractivity contribution >= 4 is 0 Å². The highest BCUT2D eigenvalue weighted by molar-refractivity contribution is 5.26. The number of benzene rings is 4. The van der Waals surface area contributed by atoms with Gasteiger partial charge in [0.2, 0.25) is 0 Å². The predicted octanol–water partition coefficient (Wildman–Crippen LogP) is 33.1. The van der Waals surface area contributed by atoms with Crippen molar-refractivity contribution in [3.8, 4) is 0 Å².